The van der Waals surface area contributed by atoms with Crippen LogP contribution in [0.4, 0.5) is 0 Å². The van der Waals surface area contributed by atoms with Crippen molar-refractivity contribution in [3.05, 3.63) is 11.9 Å². The number of Topliss-reactive ketones (excluding diaryl/α,β-unsaturated/α-hetero) is 1. The number of hydrogen-bond acceptors (Lipinski definition) is 4. The molecule has 112 valence electrons. The lowest BCUT2D eigenvalue weighted by molar-refractivity contribution is 0.0878. The molecule has 5 heteroatoms. The van der Waals surface area contributed by atoms with Gasteiger partial charge in [0.25, 0.3) is 0 Å². The van der Waals surface area contributed by atoms with Gasteiger partial charge < -0.3 is 10.5 Å². The summed E-state index contributed by atoms with van der Waals surface area (Å²) in [6.45, 7) is 4.02. The molecule has 0 saturated heterocycles. The molecule has 0 radical (unpaired) electrons. The summed E-state index contributed by atoms with van der Waals surface area (Å²) in [4.78, 5) is 12.9. The maximum Gasteiger partial charge on any atom is 0.189 e. The third kappa shape index (κ3) is 2.87. The molecule has 0 aromatic carbocycles. The van der Waals surface area contributed by atoms with Gasteiger partial charge in [-0.15, -0.1) is 0 Å². The van der Waals surface area contributed by atoms with E-state index in [2.05, 4.69) is 5.10 Å². The number of nitrogens with zero attached hydrogens (tertiary/aromatic N) is 2. The first-order valence-corrected chi connectivity index (χ1v) is 7.47. The van der Waals surface area contributed by atoms with Crippen LogP contribution in [0.15, 0.2) is 6.20 Å². The van der Waals surface area contributed by atoms with E-state index in [1.807, 2.05) is 13.8 Å². The lowest BCUT2D eigenvalue weighted by Gasteiger charge is -2.21. The van der Waals surface area contributed by atoms with Gasteiger partial charge in [0.05, 0.1) is 13.3 Å². The molecule has 1 aliphatic carbocycles. The van der Waals surface area contributed by atoms with Crippen molar-refractivity contribution in [2.75, 3.05) is 7.11 Å². The van der Waals surface area contributed by atoms with Crippen LogP contribution in [0.2, 0.25) is 0 Å². The summed E-state index contributed by atoms with van der Waals surface area (Å²) in [6.07, 6.45) is 6.77. The van der Waals surface area contributed by atoms with Crippen LogP contribution in [0.3, 0.4) is 0 Å². The molecule has 1 aromatic rings. The summed E-state index contributed by atoms with van der Waals surface area (Å²) in [5.74, 6) is 0.531. The van der Waals surface area contributed by atoms with E-state index in [9.17, 15) is 4.79 Å². The molecule has 20 heavy (non-hydrogen) atoms. The fourth-order valence-electron chi connectivity index (χ4n) is 2.96. The molecular formula is C15H25N3O2. The number of ketones is 1. The Labute approximate surface area is 120 Å². The predicted molar refractivity (Wildman–Crippen MR) is 78.0 cm³/mol. The predicted octanol–water partition coefficient (Wildman–Crippen LogP) is 2.56. The zero-order chi connectivity index (χ0) is 14.7. The molecule has 0 aliphatic heterocycles. The molecule has 0 amide bonds. The van der Waals surface area contributed by atoms with Crippen molar-refractivity contribution >= 4 is 5.78 Å². The van der Waals surface area contributed by atoms with Crippen LogP contribution in [0, 0.1) is 5.92 Å². The first kappa shape index (κ1) is 15.0. The van der Waals surface area contributed by atoms with Crippen LogP contribution in [0.5, 0.6) is 5.75 Å². The second-order valence-electron chi connectivity index (χ2n) is 5.87. The van der Waals surface area contributed by atoms with E-state index in [1.54, 1.807) is 18.0 Å². The standard InChI is InChI=1S/C15H25N3O2/c1-10(2)18-14(13(20-3)9-17-18)15(19)11-7-5-4-6-8-12(11)16/h9-12H,4-8,16H2,1-3H3. The number of rotatable bonds is 4. The van der Waals surface area contributed by atoms with Crippen LogP contribution in [0.25, 0.3) is 0 Å². The largest absolute Gasteiger partial charge is 0.493 e. The summed E-state index contributed by atoms with van der Waals surface area (Å²) in [5.41, 5.74) is 6.79. The van der Waals surface area contributed by atoms with E-state index < -0.39 is 0 Å². The van der Waals surface area contributed by atoms with Gasteiger partial charge in [-0.2, -0.15) is 5.10 Å². The second-order valence-corrected chi connectivity index (χ2v) is 5.87. The quantitative estimate of drug-likeness (QED) is 0.679. The van der Waals surface area contributed by atoms with Crippen molar-refractivity contribution in [1.82, 2.24) is 9.78 Å². The number of carbonyl (C=O) groups excluding carboxylic acids is 1. The zero-order valence-electron chi connectivity index (χ0n) is 12.6. The lowest BCUT2D eigenvalue weighted by Crippen LogP contribution is -2.36. The molecular weight excluding hydrogens is 254 g/mol. The smallest absolute Gasteiger partial charge is 0.189 e. The summed E-state index contributed by atoms with van der Waals surface area (Å²) in [6, 6.07) is 0.0741. The van der Waals surface area contributed by atoms with Crippen molar-refractivity contribution in [2.45, 2.75) is 58.0 Å². The highest BCUT2D eigenvalue weighted by Gasteiger charge is 2.32. The summed E-state index contributed by atoms with van der Waals surface area (Å²) in [5, 5.41) is 4.28. The molecule has 1 heterocycles. The maximum absolute atomic E-state index is 12.9. The minimum Gasteiger partial charge on any atom is -0.493 e. The number of carbonyl (C=O) groups is 1. The molecule has 2 rings (SSSR count). The second kappa shape index (κ2) is 6.39. The molecule has 2 atom stereocenters. The monoisotopic (exact) mass is 279 g/mol. The molecule has 1 fully saturated rings. The first-order chi connectivity index (χ1) is 9.56. The zero-order valence-corrected chi connectivity index (χ0v) is 12.6. The van der Waals surface area contributed by atoms with E-state index >= 15 is 0 Å². The fraction of sp³-hybridized carbons (Fsp3) is 0.733. The van der Waals surface area contributed by atoms with Gasteiger partial charge in [0.15, 0.2) is 11.5 Å². The van der Waals surface area contributed by atoms with Crippen LogP contribution in [-0.2, 0) is 0 Å². The van der Waals surface area contributed by atoms with Gasteiger partial charge in [-0.25, -0.2) is 0 Å². The van der Waals surface area contributed by atoms with Gasteiger partial charge in [0, 0.05) is 18.0 Å². The summed E-state index contributed by atoms with van der Waals surface area (Å²) < 4.78 is 7.06. The minimum absolute atomic E-state index is 0.0507. The molecule has 1 aliphatic rings. The number of hydrogen-bond donors (Lipinski definition) is 1. The Kier molecular flexibility index (Phi) is 4.81. The number of methoxy groups -OCH3 is 1. The van der Waals surface area contributed by atoms with E-state index in [4.69, 9.17) is 10.5 Å². The van der Waals surface area contributed by atoms with Gasteiger partial charge in [0.1, 0.15) is 5.69 Å². The summed E-state index contributed by atoms with van der Waals surface area (Å²) >= 11 is 0. The first-order valence-electron chi connectivity index (χ1n) is 7.47. The maximum atomic E-state index is 12.9. The van der Waals surface area contributed by atoms with Crippen molar-refractivity contribution < 1.29 is 9.53 Å². The molecule has 0 spiro atoms. The van der Waals surface area contributed by atoms with Crippen LogP contribution < -0.4 is 10.5 Å². The highest BCUT2D eigenvalue weighted by Crippen LogP contribution is 2.30. The molecule has 0 bridgehead atoms. The Morgan fingerprint density at radius 1 is 1.40 bits per heavy atom. The molecule has 2 N–H and O–H groups in total. The highest BCUT2D eigenvalue weighted by atomic mass is 16.5. The third-order valence-electron chi connectivity index (χ3n) is 4.11. The fourth-order valence-corrected chi connectivity index (χ4v) is 2.96. The molecule has 1 aromatic heterocycles. The number of ether oxygens (including phenoxy) is 1. The van der Waals surface area contributed by atoms with Crippen molar-refractivity contribution in [3.8, 4) is 5.75 Å². The molecule has 1 saturated carbocycles. The van der Waals surface area contributed by atoms with Crippen LogP contribution in [0.1, 0.15) is 62.5 Å². The Hall–Kier alpha value is -1.36. The van der Waals surface area contributed by atoms with Gasteiger partial charge in [0.2, 0.25) is 0 Å². The van der Waals surface area contributed by atoms with Gasteiger partial charge in [-0.1, -0.05) is 19.3 Å². The molecule has 5 nitrogen and oxygen atoms in total. The summed E-state index contributed by atoms with van der Waals surface area (Å²) in [7, 11) is 1.57. The third-order valence-corrected chi connectivity index (χ3v) is 4.11. The SMILES string of the molecule is COc1cnn(C(C)C)c1C(=O)C1CCCCCC1N. The Bertz CT molecular complexity index is 468. The number of nitrogens with two attached hydrogens (primary N) is 1. The van der Waals surface area contributed by atoms with Crippen molar-refractivity contribution in [3.63, 3.8) is 0 Å². The normalized spacial score (nSPS) is 23.6. The Morgan fingerprint density at radius 3 is 2.75 bits per heavy atom. The van der Waals surface area contributed by atoms with Crippen LogP contribution in [-0.4, -0.2) is 28.7 Å². The highest BCUT2D eigenvalue weighted by molar-refractivity contribution is 5.99. The van der Waals surface area contributed by atoms with Gasteiger partial charge in [-0.3, -0.25) is 9.48 Å². The minimum atomic E-state index is -0.111. The number of aromatic nitrogens is 2. The Balaban J connectivity index is 2.33. The average molecular weight is 279 g/mol. The van der Waals surface area contributed by atoms with Crippen molar-refractivity contribution in [2.24, 2.45) is 11.7 Å². The lowest BCUT2D eigenvalue weighted by atomic mass is 9.89. The average Bonchev–Trinajstić information content (AvgIpc) is 2.74. The Morgan fingerprint density at radius 2 is 2.10 bits per heavy atom. The van der Waals surface area contributed by atoms with Gasteiger partial charge >= 0.3 is 0 Å². The van der Waals surface area contributed by atoms with E-state index in [-0.39, 0.29) is 23.8 Å². The van der Waals surface area contributed by atoms with E-state index in [0.717, 1.165) is 32.1 Å². The van der Waals surface area contributed by atoms with E-state index in [0.29, 0.717) is 11.4 Å². The van der Waals surface area contributed by atoms with Crippen LogP contribution >= 0.6 is 0 Å². The van der Waals surface area contributed by atoms with Crippen molar-refractivity contribution in [1.29, 1.82) is 0 Å². The van der Waals surface area contributed by atoms with Gasteiger partial charge in [-0.05, 0) is 26.7 Å². The van der Waals surface area contributed by atoms with E-state index in [1.165, 1.54) is 0 Å². The molecule has 2 unspecified atom stereocenters. The topological polar surface area (TPSA) is 70.1 Å².